The Morgan fingerprint density at radius 1 is 0.309 bits per heavy atom. The molecule has 0 saturated carbocycles. The number of aliphatic carboxylic acids is 1. The predicted octanol–water partition coefficient (Wildman–Crippen LogP) is -15.0. The zero-order valence-corrected chi connectivity index (χ0v) is 70.3. The van der Waals surface area contributed by atoms with E-state index >= 15 is 0 Å². The van der Waals surface area contributed by atoms with Gasteiger partial charge in [-0.25, -0.2) is 4.79 Å². The molecule has 0 aromatic rings. The molecule has 0 aromatic carbocycles. The van der Waals surface area contributed by atoms with Crippen LogP contribution in [0.4, 0.5) is 0 Å². The molecule has 0 radical (unpaired) electrons. The van der Waals surface area contributed by atoms with Crippen molar-refractivity contribution in [1.29, 1.82) is 0 Å². The smallest absolute Gasteiger partial charge is 0.326 e. The highest BCUT2D eigenvalue weighted by Crippen LogP contribution is 2.11. The summed E-state index contributed by atoms with van der Waals surface area (Å²) in [6.07, 6.45) is 0.389. The van der Waals surface area contributed by atoms with E-state index in [1.54, 1.807) is 0 Å². The van der Waals surface area contributed by atoms with Gasteiger partial charge in [-0.3, -0.25) is 96.5 Å². The van der Waals surface area contributed by atoms with E-state index in [0.29, 0.717) is 19.3 Å². The highest BCUT2D eigenvalue weighted by molar-refractivity contribution is 6.00. The topological polar surface area (TPSA) is 890 Å². The molecule has 52 heteroatoms. The van der Waals surface area contributed by atoms with Gasteiger partial charge in [-0.1, -0.05) is 0 Å². The molecule has 0 fully saturated rings. The maximum absolute atomic E-state index is 14.1. The number of aliphatic hydroxyl groups is 3. The predicted molar refractivity (Wildman–Crippen MR) is 445 cm³/mol. The number of amides is 17. The number of carbonyl (C=O) groups is 18. The van der Waals surface area contributed by atoms with Crippen molar-refractivity contribution in [2.24, 2.45) is 72.3 Å². The highest BCUT2D eigenvalue weighted by atomic mass is 16.4. The van der Waals surface area contributed by atoms with Crippen molar-refractivity contribution in [3.05, 3.63) is 0 Å². The fourth-order valence-corrected chi connectivity index (χ4v) is 11.0. The van der Waals surface area contributed by atoms with Crippen LogP contribution in [0.15, 0.2) is 15.0 Å². The molecule has 14 atom stereocenters. The Balaban J connectivity index is 6.41. The molecule has 698 valence electrons. The van der Waals surface area contributed by atoms with Crippen LogP contribution in [0, 0.1) is 0 Å². The first-order valence-electron chi connectivity index (χ1n) is 40.2. The maximum atomic E-state index is 14.1. The lowest BCUT2D eigenvalue weighted by Gasteiger charge is -2.26. The van der Waals surface area contributed by atoms with Crippen LogP contribution in [0.1, 0.15) is 150 Å². The van der Waals surface area contributed by atoms with E-state index in [4.69, 9.17) is 62.4 Å². The molecule has 52 nitrogen and oxygen atoms in total. The monoisotopic (exact) mass is 1760 g/mol. The lowest BCUT2D eigenvalue weighted by atomic mass is 10.1. The molecule has 0 aliphatic heterocycles. The van der Waals surface area contributed by atoms with Gasteiger partial charge in [-0.2, -0.15) is 0 Å². The average Bonchev–Trinajstić information content (AvgIpc) is 0.845. The van der Waals surface area contributed by atoms with Gasteiger partial charge < -0.3 is 168 Å². The fourth-order valence-electron chi connectivity index (χ4n) is 11.0. The van der Waals surface area contributed by atoms with E-state index in [-0.39, 0.29) is 166 Å². The molecular weight excluding hydrogens is 1620 g/mol. The minimum absolute atomic E-state index is 0.0350. The Kier molecular flexibility index (Phi) is 56.9. The van der Waals surface area contributed by atoms with Crippen molar-refractivity contribution in [2.75, 3.05) is 85.2 Å². The van der Waals surface area contributed by atoms with Crippen LogP contribution in [-0.4, -0.2) is 315 Å². The molecule has 17 amide bonds. The van der Waals surface area contributed by atoms with Gasteiger partial charge in [0.05, 0.1) is 45.5 Å². The maximum Gasteiger partial charge on any atom is 0.326 e. The highest BCUT2D eigenvalue weighted by Gasteiger charge is 2.36. The van der Waals surface area contributed by atoms with Crippen molar-refractivity contribution < 1.29 is 107 Å². The van der Waals surface area contributed by atoms with Crippen molar-refractivity contribution in [1.82, 2.24) is 90.4 Å². The second kappa shape index (κ2) is 63.0. The number of aliphatic imine (C=N–C) groups is 3. The third kappa shape index (κ3) is 50.1. The van der Waals surface area contributed by atoms with Crippen molar-refractivity contribution in [3.8, 4) is 0 Å². The summed E-state index contributed by atoms with van der Waals surface area (Å²) in [7, 11) is 0. The minimum atomic E-state index is -1.77. The number of carboxylic acids is 1. The van der Waals surface area contributed by atoms with E-state index in [2.05, 4.69) is 105 Å². The first kappa shape index (κ1) is 111. The van der Waals surface area contributed by atoms with Gasteiger partial charge in [0.1, 0.15) is 78.5 Å². The van der Waals surface area contributed by atoms with Crippen LogP contribution >= 0.6 is 0 Å². The van der Waals surface area contributed by atoms with Crippen molar-refractivity contribution in [3.63, 3.8) is 0 Å². The number of aliphatic hydroxyl groups excluding tert-OH is 3. The van der Waals surface area contributed by atoms with Gasteiger partial charge in [0.15, 0.2) is 17.9 Å². The second-order valence-electron chi connectivity index (χ2n) is 28.5. The molecule has 0 saturated heterocycles. The van der Waals surface area contributed by atoms with E-state index < -0.39 is 225 Å². The number of hydrogen-bond acceptors (Lipinski definition) is 28. The van der Waals surface area contributed by atoms with Crippen LogP contribution in [-0.2, 0) is 86.3 Å². The van der Waals surface area contributed by atoms with Crippen molar-refractivity contribution >= 4 is 124 Å². The summed E-state index contributed by atoms with van der Waals surface area (Å²) < 4.78 is 0. The summed E-state index contributed by atoms with van der Waals surface area (Å²) >= 11 is 0. The third-order valence-corrected chi connectivity index (χ3v) is 17.8. The second-order valence-corrected chi connectivity index (χ2v) is 28.5. The first-order chi connectivity index (χ1) is 58.0. The number of nitrogens with one attached hydrogen (secondary N) is 17. The zero-order chi connectivity index (χ0) is 93.3. The molecule has 123 heavy (non-hydrogen) atoms. The molecular formula is C71H132N30O22. The SMILES string of the molecule is CC(=O)NCCCC[C@H](NC(=O)CNC(=O)CNC(=O)[C@@H](NC(=O)[C@H](CCCCN)NC(=O)CNC(=O)[C@H](CCCN=C(N)N)NC(=O)CNC(=O)[C@@H](N)CO)[C@@H](C)O)C(=O)N[C@@H](C)C(=O)N[C@@H](CCCN=C(N)N)C(=O)N[C@@H](C)C(=O)N[C@@H](CCCCN)C(=O)N[C@@H](C)C(=O)N[C@@H](CCCCN)C(=O)N[C@@H](CO)C(=O)N[C@@H](CCCN=C(N)N)C(=O)O. The molecule has 0 aliphatic carbocycles. The Labute approximate surface area is 711 Å². The van der Waals surface area contributed by atoms with Gasteiger partial charge in [-0.15, -0.1) is 0 Å². The van der Waals surface area contributed by atoms with E-state index in [9.17, 15) is 102 Å². The first-order valence-corrected chi connectivity index (χ1v) is 40.2. The summed E-state index contributed by atoms with van der Waals surface area (Å²) in [6.45, 7) is 2.10. The van der Waals surface area contributed by atoms with Crippen LogP contribution in [0.2, 0.25) is 0 Å². The summed E-state index contributed by atoms with van der Waals surface area (Å²) in [4.78, 5) is 251. The van der Waals surface area contributed by atoms with Gasteiger partial charge in [0, 0.05) is 33.1 Å². The largest absolute Gasteiger partial charge is 0.480 e. The van der Waals surface area contributed by atoms with Gasteiger partial charge in [0.2, 0.25) is 100 Å². The number of unbranched alkanes of at least 4 members (excludes halogenated alkanes) is 4. The fraction of sp³-hybridized carbons (Fsp3) is 0.704. The zero-order valence-electron chi connectivity index (χ0n) is 70.3. The standard InChI is InChI=1S/C71H132N30O22/c1-37(58(112)98-48(22-15-29-84-70(78)79)63(117)92-38(2)56(110)96-46(18-7-11-25-73)62(116)91-39(3)57(111)97-47(19-8-12-26-74)64(118)100-50(36-103)66(120)99-49(68(122)123)23-16-30-85-71(80)81)90-61(115)44(20-9-13-27-82-41(5)105)94-52(107)32-86-51(106)31-89-67(121)55(40(4)104)101-65(119)45(17-6-10-24-72)95-54(109)34-88-60(114)43(21-14-28-83-69(76)77)93-53(108)33-87-59(113)42(75)35-102/h37-40,42-50,55,102-104H,6-36,72-75H2,1-5H3,(H,82,105)(H,86,106)(H,87,113)(H,88,114)(H,89,121)(H,90,115)(H,91,116)(H,92,117)(H,93,108)(H,94,107)(H,95,109)(H,96,110)(H,97,111)(H,98,112)(H,99,120)(H,100,118)(H,101,119)(H,122,123)(H4,76,77,83)(H4,78,79,84)(H4,80,81,85)/t37-,38-,39-,40+,42-,43-,44-,45-,46-,47-,48-,49-,50-,55-/m0/s1. The van der Waals surface area contributed by atoms with Gasteiger partial charge in [-0.05, 0) is 163 Å². The van der Waals surface area contributed by atoms with Crippen LogP contribution < -0.4 is 148 Å². The normalized spacial score (nSPS) is 14.2. The molecule has 0 aromatic heterocycles. The van der Waals surface area contributed by atoms with Crippen LogP contribution in [0.3, 0.4) is 0 Å². The number of carboxylic acid groups (broad SMARTS) is 1. The average molecular weight is 1760 g/mol. The van der Waals surface area contributed by atoms with Gasteiger partial charge in [0.25, 0.3) is 0 Å². The lowest BCUT2D eigenvalue weighted by molar-refractivity contribution is -0.143. The number of rotatable bonds is 65. The minimum Gasteiger partial charge on any atom is -0.480 e. The summed E-state index contributed by atoms with van der Waals surface area (Å²) in [5.41, 5.74) is 54.9. The van der Waals surface area contributed by atoms with E-state index in [1.807, 2.05) is 0 Å². The summed E-state index contributed by atoms with van der Waals surface area (Å²) in [5, 5.41) is 80.4. The summed E-state index contributed by atoms with van der Waals surface area (Å²) in [5.74, 6) is -17.8. The molecule has 0 heterocycles. The van der Waals surface area contributed by atoms with Crippen molar-refractivity contribution in [2.45, 2.75) is 235 Å². The van der Waals surface area contributed by atoms with Gasteiger partial charge >= 0.3 is 5.97 Å². The molecule has 0 spiro atoms. The number of nitrogens with two attached hydrogens (primary N) is 10. The van der Waals surface area contributed by atoms with Crippen LogP contribution in [0.25, 0.3) is 0 Å². The Bertz CT molecular complexity index is 3530. The Hall–Kier alpha value is -12.0. The molecule has 0 aliphatic rings. The van der Waals surface area contributed by atoms with E-state index in [0.717, 1.165) is 6.92 Å². The Morgan fingerprint density at radius 3 is 0.951 bits per heavy atom. The number of carbonyl (C=O) groups excluding carboxylic acids is 17. The lowest BCUT2D eigenvalue weighted by Crippen LogP contribution is -2.60. The number of nitrogens with zero attached hydrogens (tertiary/aromatic N) is 3. The number of guanidine groups is 3. The Morgan fingerprint density at radius 2 is 0.602 bits per heavy atom. The summed E-state index contributed by atoms with van der Waals surface area (Å²) in [6, 6.07) is -19.0. The molecule has 41 N–H and O–H groups in total. The third-order valence-electron chi connectivity index (χ3n) is 17.8. The quantitative estimate of drug-likeness (QED) is 0.0153. The molecule has 0 rings (SSSR count). The number of hydrogen-bond donors (Lipinski definition) is 31. The van der Waals surface area contributed by atoms with Crippen LogP contribution in [0.5, 0.6) is 0 Å². The molecule has 0 bridgehead atoms. The molecule has 0 unspecified atom stereocenters. The van der Waals surface area contributed by atoms with E-state index in [1.165, 1.54) is 27.7 Å².